The number of anilines is 1. The minimum absolute atomic E-state index is 0.0479. The largest absolute Gasteiger partial charge is 0.507 e. The molecule has 5 rings (SSSR count). The lowest BCUT2D eigenvalue weighted by molar-refractivity contribution is -0.132. The fourth-order valence-electron chi connectivity index (χ4n) is 4.45. The molecule has 1 saturated heterocycles. The summed E-state index contributed by atoms with van der Waals surface area (Å²) in [5.41, 5.74) is 1.86. The number of carbonyl (C=O) groups excluding carboxylic acids is 2. The Kier molecular flexibility index (Phi) is 8.92. The van der Waals surface area contributed by atoms with Crippen molar-refractivity contribution < 1.29 is 24.2 Å². The highest BCUT2D eigenvalue weighted by Crippen LogP contribution is 2.45. The van der Waals surface area contributed by atoms with Crippen molar-refractivity contribution in [3.63, 3.8) is 0 Å². The average molecular weight is 608 g/mol. The van der Waals surface area contributed by atoms with Gasteiger partial charge < -0.3 is 14.6 Å². The molecule has 0 aliphatic carbocycles. The molecule has 1 amide bonds. The first-order valence-electron chi connectivity index (χ1n) is 12.9. The Hall–Kier alpha value is -3.86. The Bertz CT molecular complexity index is 1610. The van der Waals surface area contributed by atoms with E-state index in [1.807, 2.05) is 38.1 Å². The van der Waals surface area contributed by atoms with Gasteiger partial charge in [-0.1, -0.05) is 89.3 Å². The van der Waals surface area contributed by atoms with Gasteiger partial charge in [0.1, 0.15) is 5.76 Å². The van der Waals surface area contributed by atoms with Crippen molar-refractivity contribution in [2.24, 2.45) is 0 Å². The molecule has 2 heterocycles. The monoisotopic (exact) mass is 607 g/mol. The minimum Gasteiger partial charge on any atom is -0.507 e. The van der Waals surface area contributed by atoms with Crippen LogP contribution in [0.2, 0.25) is 5.02 Å². The number of aliphatic hydroxyl groups excluding tert-OH is 1. The van der Waals surface area contributed by atoms with Crippen molar-refractivity contribution in [2.45, 2.75) is 30.0 Å². The van der Waals surface area contributed by atoms with Gasteiger partial charge in [-0.15, -0.1) is 10.2 Å². The van der Waals surface area contributed by atoms with Gasteiger partial charge in [-0.3, -0.25) is 14.5 Å². The molecule has 1 fully saturated rings. The van der Waals surface area contributed by atoms with Crippen LogP contribution in [-0.2, 0) is 15.3 Å². The average Bonchev–Trinajstić information content (AvgIpc) is 3.55. The van der Waals surface area contributed by atoms with Gasteiger partial charge in [0.2, 0.25) is 5.13 Å². The third-order valence-corrected chi connectivity index (χ3v) is 8.76. The SMILES string of the molecule is CCOc1ccc(C2/C(=C(\O)c3ccccc3)C(=O)C(=O)N2c2nnc(SCc3ccccc3Cl)s2)cc1OCC. The highest BCUT2D eigenvalue weighted by molar-refractivity contribution is 8.00. The summed E-state index contributed by atoms with van der Waals surface area (Å²) in [6, 6.07) is 20.4. The van der Waals surface area contributed by atoms with Gasteiger partial charge in [-0.2, -0.15) is 0 Å². The topological polar surface area (TPSA) is 102 Å². The van der Waals surface area contributed by atoms with E-state index in [4.69, 9.17) is 21.1 Å². The molecule has 1 atom stereocenters. The number of ether oxygens (including phenoxy) is 2. The quantitative estimate of drug-likeness (QED) is 0.0682. The van der Waals surface area contributed by atoms with Crippen molar-refractivity contribution in [1.82, 2.24) is 10.2 Å². The predicted molar refractivity (Wildman–Crippen MR) is 161 cm³/mol. The van der Waals surface area contributed by atoms with Crippen LogP contribution >= 0.6 is 34.7 Å². The molecule has 4 aromatic rings. The van der Waals surface area contributed by atoms with Crippen molar-refractivity contribution in [2.75, 3.05) is 18.1 Å². The summed E-state index contributed by atoms with van der Waals surface area (Å²) < 4.78 is 12.1. The van der Waals surface area contributed by atoms with E-state index in [2.05, 4.69) is 10.2 Å². The molecule has 8 nitrogen and oxygen atoms in total. The van der Waals surface area contributed by atoms with Gasteiger partial charge in [-0.05, 0) is 43.2 Å². The normalized spacial score (nSPS) is 16.3. The van der Waals surface area contributed by atoms with Crippen LogP contribution in [0.1, 0.15) is 36.6 Å². The minimum atomic E-state index is -0.973. The zero-order valence-corrected chi connectivity index (χ0v) is 24.6. The molecule has 0 radical (unpaired) electrons. The lowest BCUT2D eigenvalue weighted by Crippen LogP contribution is -2.29. The lowest BCUT2D eigenvalue weighted by atomic mass is 9.95. The Balaban J connectivity index is 1.58. The predicted octanol–water partition coefficient (Wildman–Crippen LogP) is 6.91. The maximum atomic E-state index is 13.5. The van der Waals surface area contributed by atoms with Crippen LogP contribution in [0, 0.1) is 0 Å². The Morgan fingerprint density at radius 2 is 1.68 bits per heavy atom. The second-order valence-corrected chi connectivity index (χ2v) is 11.4. The zero-order valence-electron chi connectivity index (χ0n) is 22.2. The number of halogens is 1. The van der Waals surface area contributed by atoms with Crippen LogP contribution in [0.25, 0.3) is 5.76 Å². The molecule has 0 bridgehead atoms. The third kappa shape index (κ3) is 5.95. The fourth-order valence-corrected chi connectivity index (χ4v) is 6.60. The summed E-state index contributed by atoms with van der Waals surface area (Å²) >= 11 is 8.91. The van der Waals surface area contributed by atoms with E-state index in [1.54, 1.807) is 48.5 Å². The molecule has 1 unspecified atom stereocenters. The first-order valence-corrected chi connectivity index (χ1v) is 15.1. The van der Waals surface area contributed by atoms with Crippen molar-refractivity contribution >= 4 is 57.3 Å². The summed E-state index contributed by atoms with van der Waals surface area (Å²) in [6.45, 7) is 4.55. The maximum absolute atomic E-state index is 13.5. The number of amides is 1. The number of rotatable bonds is 10. The number of Topliss-reactive ketones (excluding diaryl/α,β-unsaturated/α-hetero) is 1. The first-order chi connectivity index (χ1) is 19.9. The standard InChI is InChI=1S/C30H26ClN3O5S2/c1-3-38-22-15-14-19(16-23(22)39-4-2)25-24(26(35)18-10-6-5-7-11-18)27(36)28(37)34(25)29-32-33-30(41-29)40-17-20-12-8-9-13-21(20)31/h5-16,25,35H,3-4,17H2,1-2H3/b26-24+. The van der Waals surface area contributed by atoms with Crippen molar-refractivity contribution in [3.8, 4) is 11.5 Å². The van der Waals surface area contributed by atoms with Gasteiger partial charge in [-0.25, -0.2) is 0 Å². The van der Waals surface area contributed by atoms with Crippen LogP contribution in [0.5, 0.6) is 11.5 Å². The third-order valence-electron chi connectivity index (χ3n) is 6.29. The van der Waals surface area contributed by atoms with E-state index in [0.717, 1.165) is 5.56 Å². The molecular formula is C30H26ClN3O5S2. The van der Waals surface area contributed by atoms with E-state index >= 15 is 0 Å². The van der Waals surface area contributed by atoms with E-state index in [9.17, 15) is 14.7 Å². The van der Waals surface area contributed by atoms with Gasteiger partial charge in [0.25, 0.3) is 5.78 Å². The maximum Gasteiger partial charge on any atom is 0.301 e. The fraction of sp³-hybridized carbons (Fsp3) is 0.200. The number of hydrogen-bond acceptors (Lipinski definition) is 9. The van der Waals surface area contributed by atoms with Crippen LogP contribution < -0.4 is 14.4 Å². The molecule has 3 aromatic carbocycles. The number of aromatic nitrogens is 2. The molecule has 1 aliphatic rings. The summed E-state index contributed by atoms with van der Waals surface area (Å²) in [6.07, 6.45) is 0. The summed E-state index contributed by atoms with van der Waals surface area (Å²) in [7, 11) is 0. The molecule has 0 saturated carbocycles. The number of benzene rings is 3. The molecule has 1 N–H and O–H groups in total. The van der Waals surface area contributed by atoms with Gasteiger partial charge in [0.15, 0.2) is 15.8 Å². The molecule has 1 aliphatic heterocycles. The molecular weight excluding hydrogens is 582 g/mol. The number of ketones is 1. The number of nitrogens with zero attached hydrogens (tertiary/aromatic N) is 3. The summed E-state index contributed by atoms with van der Waals surface area (Å²) in [5.74, 6) is -0.346. The lowest BCUT2D eigenvalue weighted by Gasteiger charge is -2.23. The molecule has 41 heavy (non-hydrogen) atoms. The van der Waals surface area contributed by atoms with Crippen LogP contribution in [0.3, 0.4) is 0 Å². The first kappa shape index (κ1) is 28.7. The zero-order chi connectivity index (χ0) is 28.9. The van der Waals surface area contributed by atoms with E-state index in [-0.39, 0.29) is 16.5 Å². The van der Waals surface area contributed by atoms with Gasteiger partial charge >= 0.3 is 5.91 Å². The molecule has 11 heteroatoms. The van der Waals surface area contributed by atoms with E-state index < -0.39 is 17.7 Å². The number of hydrogen-bond donors (Lipinski definition) is 1. The highest BCUT2D eigenvalue weighted by Gasteiger charge is 2.48. The smallest absolute Gasteiger partial charge is 0.301 e. The number of carbonyl (C=O) groups is 2. The summed E-state index contributed by atoms with van der Waals surface area (Å²) in [4.78, 5) is 28.3. The molecule has 1 aromatic heterocycles. The second kappa shape index (κ2) is 12.8. The van der Waals surface area contributed by atoms with Crippen LogP contribution in [0.15, 0.2) is 82.7 Å². The Morgan fingerprint density at radius 3 is 2.41 bits per heavy atom. The van der Waals surface area contributed by atoms with Crippen molar-refractivity contribution in [1.29, 1.82) is 0 Å². The van der Waals surface area contributed by atoms with Crippen LogP contribution in [-0.4, -0.2) is 40.2 Å². The van der Waals surface area contributed by atoms with Crippen molar-refractivity contribution in [3.05, 3.63) is 100 Å². The summed E-state index contributed by atoms with van der Waals surface area (Å²) in [5, 5.41) is 20.8. The van der Waals surface area contributed by atoms with Gasteiger partial charge in [0.05, 0.1) is 24.8 Å². The second-order valence-electron chi connectivity index (χ2n) is 8.84. The highest BCUT2D eigenvalue weighted by atomic mass is 35.5. The number of thioether (sulfide) groups is 1. The molecule has 210 valence electrons. The van der Waals surface area contributed by atoms with Gasteiger partial charge in [0, 0.05) is 16.3 Å². The Morgan fingerprint density at radius 1 is 0.976 bits per heavy atom. The van der Waals surface area contributed by atoms with E-state index in [1.165, 1.54) is 28.0 Å². The van der Waals surface area contributed by atoms with E-state index in [0.29, 0.717) is 51.0 Å². The number of aliphatic hydroxyl groups is 1. The van der Waals surface area contributed by atoms with Crippen LogP contribution in [0.4, 0.5) is 5.13 Å². The Labute approximate surface area is 250 Å². The molecule has 0 spiro atoms.